The van der Waals surface area contributed by atoms with Crippen molar-refractivity contribution in [3.05, 3.63) is 12.2 Å². The van der Waals surface area contributed by atoms with Crippen molar-refractivity contribution in [3.63, 3.8) is 0 Å². The van der Waals surface area contributed by atoms with Crippen LogP contribution in [0.5, 0.6) is 0 Å². The molecule has 0 radical (unpaired) electrons. The molecule has 12 atom stereocenters. The van der Waals surface area contributed by atoms with Crippen molar-refractivity contribution < 1.29 is 57.8 Å². The van der Waals surface area contributed by atoms with E-state index in [1.54, 1.807) is 54.5 Å². The summed E-state index contributed by atoms with van der Waals surface area (Å²) in [6.45, 7) is 31.2. The highest BCUT2D eigenvalue weighted by atomic mass is 16.3. The van der Waals surface area contributed by atoms with Gasteiger partial charge in [0.15, 0.2) is 0 Å². The first kappa shape index (κ1) is 79.8. The average Bonchev–Trinajstić information content (AvgIpc) is 2.28. The second-order valence-electron chi connectivity index (χ2n) is 26.3. The van der Waals surface area contributed by atoms with Gasteiger partial charge in [-0.25, -0.2) is 0 Å². The van der Waals surface area contributed by atoms with Crippen molar-refractivity contribution in [2.45, 2.75) is 223 Å². The Morgan fingerprint density at radius 2 is 0.955 bits per heavy atom. The first-order valence-electron chi connectivity index (χ1n) is 31.9. The molecule has 24 nitrogen and oxygen atoms in total. The number of likely N-dealkylation sites (N-methyl/N-ethyl adjacent to an activating group) is 7. The van der Waals surface area contributed by atoms with Crippen LogP contribution >= 0.6 is 0 Å². The first-order chi connectivity index (χ1) is 40.8. The van der Waals surface area contributed by atoms with Crippen molar-refractivity contribution >= 4 is 65.0 Å². The number of carbonyl (C=O) groups excluding carboxylic acids is 11. The van der Waals surface area contributed by atoms with Gasteiger partial charge >= 0.3 is 0 Å². The average molecular weight is 1250 g/mol. The fourth-order valence-electron chi connectivity index (χ4n) is 11.1. The number of hydrogen-bond acceptors (Lipinski definition) is 13. The third-order valence-electron chi connectivity index (χ3n) is 17.0. The molecule has 11 amide bonds. The lowest BCUT2D eigenvalue weighted by molar-refractivity contribution is -0.157. The van der Waals surface area contributed by atoms with Crippen LogP contribution in [0.25, 0.3) is 0 Å². The van der Waals surface area contributed by atoms with E-state index in [0.717, 1.165) is 9.80 Å². The molecule has 5 N–H and O–H groups in total. The van der Waals surface area contributed by atoms with Gasteiger partial charge in [0.2, 0.25) is 65.0 Å². The van der Waals surface area contributed by atoms with Gasteiger partial charge in [-0.3, -0.25) is 52.7 Å². The number of rotatable bonds is 18. The number of hydrogen-bond donors (Lipinski definition) is 5. The van der Waals surface area contributed by atoms with E-state index < -0.39 is 156 Å². The summed E-state index contributed by atoms with van der Waals surface area (Å²) in [5.41, 5.74) is 0. The zero-order chi connectivity index (χ0) is 68.1. The number of carbonyl (C=O) groups is 11. The Hall–Kier alpha value is -6.17. The van der Waals surface area contributed by atoms with Crippen LogP contribution in [0.15, 0.2) is 12.2 Å². The molecule has 1 fully saturated rings. The monoisotopic (exact) mass is 1240 g/mol. The molecule has 0 aromatic heterocycles. The van der Waals surface area contributed by atoms with E-state index >= 15 is 9.59 Å². The van der Waals surface area contributed by atoms with Gasteiger partial charge in [0.25, 0.3) is 0 Å². The molecule has 1 saturated heterocycles. The maximum atomic E-state index is 15.2. The molecule has 0 saturated carbocycles. The van der Waals surface area contributed by atoms with Crippen molar-refractivity contribution in [3.8, 4) is 0 Å². The molecule has 0 spiro atoms. The normalized spacial score (nSPS) is 26.4. The number of nitrogens with zero attached hydrogens (tertiary/aromatic N) is 8. The predicted octanol–water partition coefficient (Wildman–Crippen LogP) is 2.95. The van der Waals surface area contributed by atoms with Crippen LogP contribution in [-0.4, -0.2) is 251 Å². The molecular weight excluding hydrogens is 1130 g/mol. The van der Waals surface area contributed by atoms with Crippen LogP contribution < -0.4 is 21.3 Å². The molecule has 0 unspecified atom stereocenters. The summed E-state index contributed by atoms with van der Waals surface area (Å²) in [5, 5.41) is 23.2. The number of amides is 11. The minimum atomic E-state index is -1.61. The maximum absolute atomic E-state index is 15.2. The Bertz CT molecular complexity index is 2380. The highest BCUT2D eigenvalue weighted by Crippen LogP contribution is 2.25. The molecule has 1 rings (SSSR count). The fourth-order valence-corrected chi connectivity index (χ4v) is 11.1. The fraction of sp³-hybridized carbons (Fsp3) is 0.797. The lowest BCUT2D eigenvalue weighted by atomic mass is 9.91. The molecule has 504 valence electrons. The standard InChI is InChI=1S/C64H116N12O12/c1-25-29-30-42(15)54(78)53-58(82)67-45(26-2)60(84)69(18)36-50(77)70(19)46(31-32-76(27-3)28-4)56(80)68-51(40(11)12)63(87)71(20)47(33-37(5)6)57(81)65-43(16)55(79)66-44(17)59(83)72(21)48(34-38(7)8)61(85)73(22)49(35-39(9)10)62(86)74(23)52(41(13)14)64(88)75(53)24/h25,29,37-49,51-54,78H,26-28,30-36H2,1-24H3,(H,65,81)(H,66,79)(H,67,82)(H,68,80)/t42-,43+,44-,45+,46+,47+,48+,49+,51+,52+,53+,54-/m1/s1. The molecule has 88 heavy (non-hydrogen) atoms. The number of aliphatic hydroxyl groups excluding tert-OH is 1. The van der Waals surface area contributed by atoms with Crippen LogP contribution in [0.1, 0.15) is 156 Å². The molecule has 0 aromatic carbocycles. The quantitative estimate of drug-likeness (QED) is 0.124. The zero-order valence-electron chi connectivity index (χ0n) is 58.1. The van der Waals surface area contributed by atoms with E-state index in [-0.39, 0.29) is 49.9 Å². The van der Waals surface area contributed by atoms with Crippen LogP contribution in [0.4, 0.5) is 0 Å². The smallest absolute Gasteiger partial charge is 0.246 e. The third-order valence-corrected chi connectivity index (χ3v) is 17.0. The van der Waals surface area contributed by atoms with Gasteiger partial charge in [-0.15, -0.1) is 0 Å². The molecule has 24 heteroatoms. The van der Waals surface area contributed by atoms with Gasteiger partial charge in [-0.2, -0.15) is 0 Å². The SMILES string of the molecule is CC=CC[C@@H](C)[C@@H](O)[C@H]1C(=O)N[C@@H](CC)C(=O)N(C)CC(=O)N(C)[C@@H](CCN(CC)CC)C(=O)N[C@@H](C(C)C)C(=O)N(C)[C@@H](CC(C)C)C(=O)N[C@@H](C)C(=O)N[C@H](C)C(=O)N(C)[C@@H](CC(C)C)C(=O)N(C)[C@@H](CC(C)C)C(=O)N(C)[C@@H](C(C)C)C(=O)N1C. The summed E-state index contributed by atoms with van der Waals surface area (Å²) in [6.07, 6.45) is 3.01. The van der Waals surface area contributed by atoms with Crippen LogP contribution in [-0.2, 0) is 52.7 Å². The molecule has 1 aliphatic rings. The Morgan fingerprint density at radius 1 is 0.500 bits per heavy atom. The van der Waals surface area contributed by atoms with Crippen LogP contribution in [0.3, 0.4) is 0 Å². The number of nitrogens with one attached hydrogen (secondary N) is 4. The van der Waals surface area contributed by atoms with Crippen molar-refractivity contribution in [1.29, 1.82) is 0 Å². The summed E-state index contributed by atoms with van der Waals surface area (Å²) >= 11 is 0. The van der Waals surface area contributed by atoms with Gasteiger partial charge in [0.1, 0.15) is 60.4 Å². The Balaban J connectivity index is 4.37. The van der Waals surface area contributed by atoms with E-state index in [0.29, 0.717) is 26.1 Å². The van der Waals surface area contributed by atoms with Gasteiger partial charge in [-0.1, -0.05) is 109 Å². The molecular formula is C64H116N12O12. The highest BCUT2D eigenvalue weighted by Gasteiger charge is 2.45. The Kier molecular flexibility index (Phi) is 33.7. The summed E-state index contributed by atoms with van der Waals surface area (Å²) in [6, 6.07) is -12.4. The topological polar surface area (TPSA) is 282 Å². The number of aliphatic hydroxyl groups is 1. The van der Waals surface area contributed by atoms with Crippen molar-refractivity contribution in [1.82, 2.24) is 60.5 Å². The van der Waals surface area contributed by atoms with Gasteiger partial charge < -0.3 is 65.6 Å². The van der Waals surface area contributed by atoms with E-state index in [9.17, 15) is 48.3 Å². The van der Waals surface area contributed by atoms with E-state index in [4.69, 9.17) is 0 Å². The molecule has 0 bridgehead atoms. The molecule has 1 aliphatic heterocycles. The minimum absolute atomic E-state index is 0.0194. The first-order valence-corrected chi connectivity index (χ1v) is 31.9. The lowest BCUT2D eigenvalue weighted by Gasteiger charge is -2.41. The second kappa shape index (κ2) is 37.1. The van der Waals surface area contributed by atoms with Crippen LogP contribution in [0, 0.1) is 35.5 Å². The minimum Gasteiger partial charge on any atom is -0.390 e. The van der Waals surface area contributed by atoms with E-state index in [1.807, 2.05) is 61.5 Å². The number of allylic oxidation sites excluding steroid dienone is 2. The summed E-state index contributed by atoms with van der Waals surface area (Å²) in [7, 11) is 9.95. The predicted molar refractivity (Wildman–Crippen MR) is 341 cm³/mol. The maximum Gasteiger partial charge on any atom is 0.246 e. The largest absolute Gasteiger partial charge is 0.390 e. The van der Waals surface area contributed by atoms with Gasteiger partial charge in [0, 0.05) is 55.9 Å². The zero-order valence-corrected chi connectivity index (χ0v) is 58.1. The molecule has 0 aliphatic carbocycles. The Labute approximate surface area is 527 Å². The lowest BCUT2D eigenvalue weighted by Crippen LogP contribution is -2.63. The van der Waals surface area contributed by atoms with Gasteiger partial charge in [-0.05, 0) is 108 Å². The second-order valence-corrected chi connectivity index (χ2v) is 26.3. The van der Waals surface area contributed by atoms with Crippen molar-refractivity contribution in [2.75, 3.05) is 75.5 Å². The highest BCUT2D eigenvalue weighted by molar-refractivity contribution is 5.99. The molecule has 1 heterocycles. The van der Waals surface area contributed by atoms with Crippen molar-refractivity contribution in [2.24, 2.45) is 35.5 Å². The Morgan fingerprint density at radius 3 is 1.42 bits per heavy atom. The third kappa shape index (κ3) is 22.4. The summed E-state index contributed by atoms with van der Waals surface area (Å²) < 4.78 is 0. The summed E-state index contributed by atoms with van der Waals surface area (Å²) in [4.78, 5) is 172. The van der Waals surface area contributed by atoms with Gasteiger partial charge in [0.05, 0.1) is 12.6 Å². The van der Waals surface area contributed by atoms with E-state index in [1.165, 1.54) is 87.7 Å². The van der Waals surface area contributed by atoms with Crippen LogP contribution in [0.2, 0.25) is 0 Å². The molecule has 0 aromatic rings. The summed E-state index contributed by atoms with van der Waals surface area (Å²) in [5.74, 6) is -9.61. The van der Waals surface area contributed by atoms with E-state index in [2.05, 4.69) is 26.2 Å².